The number of hydrogen-bond acceptors (Lipinski definition) is 3. The van der Waals surface area contributed by atoms with Crippen LogP contribution in [0, 0.1) is 0 Å². The van der Waals surface area contributed by atoms with Gasteiger partial charge in [-0.25, -0.2) is 4.79 Å². The lowest BCUT2D eigenvalue weighted by Gasteiger charge is -2.07. The van der Waals surface area contributed by atoms with Crippen LogP contribution < -0.4 is 0 Å². The van der Waals surface area contributed by atoms with Crippen molar-refractivity contribution in [3.8, 4) is 0 Å². The maximum Gasteiger partial charge on any atom is 0.416 e. The van der Waals surface area contributed by atoms with Gasteiger partial charge in [-0.1, -0.05) is 12.1 Å². The maximum atomic E-state index is 12.4. The Morgan fingerprint density at radius 1 is 1.20 bits per heavy atom. The Morgan fingerprint density at radius 3 is 2.15 bits per heavy atom. The summed E-state index contributed by atoms with van der Waals surface area (Å²) in [6.45, 7) is 2.89. The molecule has 1 aromatic carbocycles. The van der Waals surface area contributed by atoms with Crippen molar-refractivity contribution in [2.45, 2.75) is 20.0 Å². The molecule has 0 fully saturated rings. The third-order valence-electron chi connectivity index (χ3n) is 2.42. The van der Waals surface area contributed by atoms with Gasteiger partial charge < -0.3 is 4.74 Å². The van der Waals surface area contributed by atoms with E-state index in [4.69, 9.17) is 4.74 Å². The molecule has 0 heterocycles. The predicted octanol–water partition coefficient (Wildman–Crippen LogP) is 3.24. The third-order valence-corrected chi connectivity index (χ3v) is 2.42. The monoisotopic (exact) mass is 286 g/mol. The lowest BCUT2D eigenvalue weighted by atomic mass is 10.1. The summed E-state index contributed by atoms with van der Waals surface area (Å²) in [4.78, 5) is 22.9. The van der Waals surface area contributed by atoms with Crippen molar-refractivity contribution >= 4 is 17.8 Å². The highest BCUT2D eigenvalue weighted by Gasteiger charge is 2.29. The van der Waals surface area contributed by atoms with Gasteiger partial charge in [-0.05, 0) is 37.6 Å². The topological polar surface area (TPSA) is 43.4 Å². The molecule has 0 atom stereocenters. The zero-order chi connectivity index (χ0) is 15.3. The van der Waals surface area contributed by atoms with Crippen molar-refractivity contribution in [1.82, 2.24) is 0 Å². The molecule has 0 amide bonds. The van der Waals surface area contributed by atoms with Crippen LogP contribution in [0.1, 0.15) is 25.0 Å². The van der Waals surface area contributed by atoms with E-state index < -0.39 is 23.5 Å². The lowest BCUT2D eigenvalue weighted by Crippen LogP contribution is -2.13. The summed E-state index contributed by atoms with van der Waals surface area (Å²) in [5.41, 5.74) is -0.682. The first kappa shape index (κ1) is 15.9. The molecule has 0 radical (unpaired) electrons. The summed E-state index contributed by atoms with van der Waals surface area (Å²) >= 11 is 0. The largest absolute Gasteiger partial charge is 0.462 e. The standard InChI is InChI=1S/C14H13F3O3/c1-3-20-13(19)12(9(2)18)8-10-4-6-11(7-5-10)14(15,16)17/h4-8H,3H2,1-2H3/b12-8-. The Kier molecular flexibility index (Phi) is 5.07. The predicted molar refractivity (Wildman–Crippen MR) is 66.7 cm³/mol. The van der Waals surface area contributed by atoms with Crippen LogP contribution in [0.3, 0.4) is 0 Å². The van der Waals surface area contributed by atoms with E-state index in [1.54, 1.807) is 6.92 Å². The van der Waals surface area contributed by atoms with Gasteiger partial charge in [0.25, 0.3) is 0 Å². The number of carbonyl (C=O) groups excluding carboxylic acids is 2. The van der Waals surface area contributed by atoms with Crippen LogP contribution in [0.2, 0.25) is 0 Å². The molecule has 0 spiro atoms. The first-order chi connectivity index (χ1) is 9.25. The molecule has 3 nitrogen and oxygen atoms in total. The Labute approximate surface area is 114 Å². The van der Waals surface area contributed by atoms with E-state index in [0.717, 1.165) is 12.1 Å². The molecular formula is C14H13F3O3. The zero-order valence-corrected chi connectivity index (χ0v) is 11.0. The summed E-state index contributed by atoms with van der Waals surface area (Å²) < 4.78 is 41.9. The van der Waals surface area contributed by atoms with Crippen LogP contribution in [0.4, 0.5) is 13.2 Å². The second-order valence-electron chi connectivity index (χ2n) is 3.95. The Hall–Kier alpha value is -2.11. The minimum Gasteiger partial charge on any atom is -0.462 e. The number of ether oxygens (including phenoxy) is 1. The molecule has 6 heteroatoms. The highest BCUT2D eigenvalue weighted by atomic mass is 19.4. The van der Waals surface area contributed by atoms with Gasteiger partial charge in [-0.15, -0.1) is 0 Å². The Morgan fingerprint density at radius 2 is 1.75 bits per heavy atom. The SMILES string of the molecule is CCOC(=O)/C(=C\c1ccc(C(F)(F)F)cc1)C(C)=O. The van der Waals surface area contributed by atoms with E-state index in [9.17, 15) is 22.8 Å². The van der Waals surface area contributed by atoms with Crippen LogP contribution in [-0.2, 0) is 20.5 Å². The van der Waals surface area contributed by atoms with E-state index in [1.807, 2.05) is 0 Å². The van der Waals surface area contributed by atoms with Gasteiger partial charge >= 0.3 is 12.1 Å². The smallest absolute Gasteiger partial charge is 0.416 e. The quantitative estimate of drug-likeness (QED) is 0.369. The van der Waals surface area contributed by atoms with Crippen molar-refractivity contribution < 1.29 is 27.5 Å². The van der Waals surface area contributed by atoms with Crippen LogP contribution in [0.25, 0.3) is 6.08 Å². The van der Waals surface area contributed by atoms with Crippen LogP contribution in [-0.4, -0.2) is 18.4 Å². The number of hydrogen-bond donors (Lipinski definition) is 0. The first-order valence-corrected chi connectivity index (χ1v) is 5.82. The van der Waals surface area contributed by atoms with Gasteiger partial charge in [0.1, 0.15) is 5.57 Å². The highest BCUT2D eigenvalue weighted by Crippen LogP contribution is 2.29. The number of rotatable bonds is 4. The van der Waals surface area contributed by atoms with E-state index >= 15 is 0 Å². The van der Waals surface area contributed by atoms with Gasteiger partial charge in [-0.2, -0.15) is 13.2 Å². The summed E-state index contributed by atoms with van der Waals surface area (Å²) in [6.07, 6.45) is -3.22. The average Bonchev–Trinajstić information content (AvgIpc) is 2.35. The molecule has 0 aliphatic heterocycles. The fourth-order valence-electron chi connectivity index (χ4n) is 1.45. The van der Waals surface area contributed by atoms with Gasteiger partial charge in [0, 0.05) is 0 Å². The summed E-state index contributed by atoms with van der Waals surface area (Å²) in [7, 11) is 0. The van der Waals surface area contributed by atoms with Crippen LogP contribution in [0.5, 0.6) is 0 Å². The molecule has 1 rings (SSSR count). The fraction of sp³-hybridized carbons (Fsp3) is 0.286. The number of halogens is 3. The molecule has 0 bridgehead atoms. The second-order valence-corrected chi connectivity index (χ2v) is 3.95. The molecule has 0 saturated heterocycles. The molecule has 1 aromatic rings. The first-order valence-electron chi connectivity index (χ1n) is 5.82. The number of Topliss-reactive ketones (excluding diaryl/α,β-unsaturated/α-hetero) is 1. The molecule has 0 unspecified atom stereocenters. The molecule has 0 aliphatic carbocycles. The molecule has 20 heavy (non-hydrogen) atoms. The van der Waals surface area contributed by atoms with Crippen molar-refractivity contribution in [2.75, 3.05) is 6.61 Å². The minimum atomic E-state index is -4.42. The second kappa shape index (κ2) is 6.36. The Bertz CT molecular complexity index is 528. The summed E-state index contributed by atoms with van der Waals surface area (Å²) in [5.74, 6) is -1.30. The molecule has 0 aliphatic rings. The van der Waals surface area contributed by atoms with Crippen LogP contribution in [0.15, 0.2) is 29.8 Å². The van der Waals surface area contributed by atoms with Gasteiger partial charge in [0.2, 0.25) is 0 Å². The van der Waals surface area contributed by atoms with Crippen molar-refractivity contribution in [1.29, 1.82) is 0 Å². The number of benzene rings is 1. The molecule has 0 aromatic heterocycles. The fourth-order valence-corrected chi connectivity index (χ4v) is 1.45. The molecular weight excluding hydrogens is 273 g/mol. The van der Waals surface area contributed by atoms with Crippen molar-refractivity contribution in [3.05, 3.63) is 41.0 Å². The maximum absolute atomic E-state index is 12.4. The highest BCUT2D eigenvalue weighted by molar-refractivity contribution is 6.19. The van der Waals surface area contributed by atoms with Gasteiger partial charge in [0.15, 0.2) is 5.78 Å². The number of esters is 1. The molecule has 0 N–H and O–H groups in total. The third kappa shape index (κ3) is 4.22. The normalized spacial score (nSPS) is 12.2. The van der Waals surface area contributed by atoms with Gasteiger partial charge in [0.05, 0.1) is 12.2 Å². The number of ketones is 1. The van der Waals surface area contributed by atoms with Crippen molar-refractivity contribution in [2.24, 2.45) is 0 Å². The van der Waals surface area contributed by atoms with E-state index in [1.165, 1.54) is 25.1 Å². The molecule has 108 valence electrons. The lowest BCUT2D eigenvalue weighted by molar-refractivity contribution is -0.140. The molecule has 0 saturated carbocycles. The van der Waals surface area contributed by atoms with Crippen molar-refractivity contribution in [3.63, 3.8) is 0 Å². The van der Waals surface area contributed by atoms with Crippen LogP contribution >= 0.6 is 0 Å². The minimum absolute atomic E-state index is 0.108. The summed E-state index contributed by atoms with van der Waals surface area (Å²) in [6, 6.07) is 4.14. The van der Waals surface area contributed by atoms with E-state index in [0.29, 0.717) is 5.56 Å². The number of alkyl halides is 3. The van der Waals surface area contributed by atoms with E-state index in [-0.39, 0.29) is 12.2 Å². The van der Waals surface area contributed by atoms with E-state index in [2.05, 4.69) is 0 Å². The zero-order valence-electron chi connectivity index (χ0n) is 11.0. The van der Waals surface area contributed by atoms with Gasteiger partial charge in [-0.3, -0.25) is 4.79 Å². The summed E-state index contributed by atoms with van der Waals surface area (Å²) in [5, 5.41) is 0. The Balaban J connectivity index is 3.07. The average molecular weight is 286 g/mol. The number of carbonyl (C=O) groups is 2.